The summed E-state index contributed by atoms with van der Waals surface area (Å²) in [6, 6.07) is 7.81. The predicted octanol–water partition coefficient (Wildman–Crippen LogP) is 1.97. The molecule has 1 unspecified atom stereocenters. The van der Waals surface area contributed by atoms with Crippen molar-refractivity contribution in [2.24, 2.45) is 0 Å². The molecule has 1 atom stereocenters. The van der Waals surface area contributed by atoms with Crippen LogP contribution in [0.25, 0.3) is 0 Å². The van der Waals surface area contributed by atoms with Crippen molar-refractivity contribution >= 4 is 0 Å². The molecule has 0 aliphatic heterocycles. The fourth-order valence-corrected chi connectivity index (χ4v) is 1.40. The van der Waals surface area contributed by atoms with Crippen molar-refractivity contribution in [3.63, 3.8) is 0 Å². The molecule has 0 aliphatic rings. The lowest BCUT2D eigenvalue weighted by Gasteiger charge is -2.12. The molecule has 0 fully saturated rings. The van der Waals surface area contributed by atoms with E-state index in [0.29, 0.717) is 19.8 Å². The molecule has 0 spiro atoms. The Morgan fingerprint density at radius 1 is 1.28 bits per heavy atom. The number of rotatable bonds is 6. The molecule has 98 valence electrons. The van der Waals surface area contributed by atoms with Gasteiger partial charge in [-0.05, 0) is 31.5 Å². The van der Waals surface area contributed by atoms with Crippen molar-refractivity contribution in [2.75, 3.05) is 19.8 Å². The van der Waals surface area contributed by atoms with E-state index in [1.165, 1.54) is 0 Å². The van der Waals surface area contributed by atoms with E-state index in [9.17, 15) is 0 Å². The summed E-state index contributed by atoms with van der Waals surface area (Å²) >= 11 is 0. The third kappa shape index (κ3) is 5.83. The minimum Gasteiger partial charge on any atom is -0.384 e. The number of aliphatic hydroxyl groups is 1. The first-order valence-electron chi connectivity index (χ1n) is 6.14. The van der Waals surface area contributed by atoms with Crippen LogP contribution in [0.2, 0.25) is 0 Å². The Morgan fingerprint density at radius 2 is 2.00 bits per heavy atom. The van der Waals surface area contributed by atoms with Crippen LogP contribution in [0.15, 0.2) is 24.3 Å². The highest BCUT2D eigenvalue weighted by Gasteiger charge is 2.02. The summed E-state index contributed by atoms with van der Waals surface area (Å²) in [4.78, 5) is 0. The maximum Gasteiger partial charge on any atom is 0.104 e. The lowest BCUT2D eigenvalue weighted by molar-refractivity contribution is -0.0116. The maximum absolute atomic E-state index is 8.59. The van der Waals surface area contributed by atoms with Crippen LogP contribution < -0.4 is 0 Å². The standard InChI is InChI=1S/C15H20O3/c1-3-17-11-13(2)18-12-15-8-6-14(7-9-15)5-4-10-16/h6-9,13,16H,3,10-12H2,1-2H3. The molecule has 3 nitrogen and oxygen atoms in total. The zero-order valence-electron chi connectivity index (χ0n) is 11.0. The molecule has 1 aromatic carbocycles. The van der Waals surface area contributed by atoms with Crippen molar-refractivity contribution in [1.82, 2.24) is 0 Å². The Hall–Kier alpha value is -1.34. The molecule has 1 N–H and O–H groups in total. The quantitative estimate of drug-likeness (QED) is 0.782. The van der Waals surface area contributed by atoms with Crippen LogP contribution in [0.3, 0.4) is 0 Å². The summed E-state index contributed by atoms with van der Waals surface area (Å²) in [6.45, 7) is 5.76. The molecule has 0 aromatic heterocycles. The van der Waals surface area contributed by atoms with Crippen molar-refractivity contribution in [3.8, 4) is 11.8 Å². The Bertz CT molecular complexity index is 386. The van der Waals surface area contributed by atoms with Crippen LogP contribution >= 0.6 is 0 Å². The number of aliphatic hydroxyl groups excluding tert-OH is 1. The van der Waals surface area contributed by atoms with Crippen LogP contribution in [0, 0.1) is 11.8 Å². The Morgan fingerprint density at radius 3 is 2.61 bits per heavy atom. The molecule has 3 heteroatoms. The SMILES string of the molecule is CCOCC(C)OCc1ccc(C#CCO)cc1. The molecule has 0 amide bonds. The van der Waals surface area contributed by atoms with Gasteiger partial charge in [0, 0.05) is 12.2 Å². The summed E-state index contributed by atoms with van der Waals surface area (Å²) in [5.41, 5.74) is 2.00. The normalized spacial score (nSPS) is 11.7. The fourth-order valence-electron chi connectivity index (χ4n) is 1.40. The molecule has 0 heterocycles. The van der Waals surface area contributed by atoms with Crippen LogP contribution in [0.5, 0.6) is 0 Å². The first-order valence-corrected chi connectivity index (χ1v) is 6.14. The molecule has 0 bridgehead atoms. The minimum atomic E-state index is -0.111. The predicted molar refractivity (Wildman–Crippen MR) is 71.1 cm³/mol. The van der Waals surface area contributed by atoms with E-state index in [4.69, 9.17) is 14.6 Å². The average molecular weight is 248 g/mol. The summed E-state index contributed by atoms with van der Waals surface area (Å²) in [5, 5.41) is 8.59. The van der Waals surface area contributed by atoms with Gasteiger partial charge in [0.05, 0.1) is 19.3 Å². The largest absolute Gasteiger partial charge is 0.384 e. The topological polar surface area (TPSA) is 38.7 Å². The van der Waals surface area contributed by atoms with Crippen LogP contribution in [0.1, 0.15) is 25.0 Å². The molecule has 18 heavy (non-hydrogen) atoms. The highest BCUT2D eigenvalue weighted by Crippen LogP contribution is 2.06. The highest BCUT2D eigenvalue weighted by atomic mass is 16.5. The van der Waals surface area contributed by atoms with Gasteiger partial charge in [0.1, 0.15) is 6.61 Å². The van der Waals surface area contributed by atoms with Crippen LogP contribution in [-0.4, -0.2) is 31.0 Å². The van der Waals surface area contributed by atoms with E-state index in [0.717, 1.165) is 11.1 Å². The van der Waals surface area contributed by atoms with Gasteiger partial charge in [-0.25, -0.2) is 0 Å². The number of hydrogen-bond acceptors (Lipinski definition) is 3. The van der Waals surface area contributed by atoms with Crippen molar-refractivity contribution in [1.29, 1.82) is 0 Å². The Kier molecular flexibility index (Phi) is 7.12. The maximum atomic E-state index is 8.59. The first kappa shape index (κ1) is 14.7. The molecule has 0 saturated carbocycles. The van der Waals surface area contributed by atoms with E-state index >= 15 is 0 Å². The van der Waals surface area contributed by atoms with Crippen molar-refractivity contribution in [2.45, 2.75) is 26.6 Å². The lowest BCUT2D eigenvalue weighted by Crippen LogP contribution is -2.15. The van der Waals surface area contributed by atoms with Gasteiger partial charge in [0.15, 0.2) is 0 Å². The lowest BCUT2D eigenvalue weighted by atomic mass is 10.1. The first-order chi connectivity index (χ1) is 8.76. The molecule has 0 aliphatic carbocycles. The van der Waals surface area contributed by atoms with E-state index in [-0.39, 0.29) is 12.7 Å². The third-order valence-corrected chi connectivity index (χ3v) is 2.36. The van der Waals surface area contributed by atoms with Crippen LogP contribution in [-0.2, 0) is 16.1 Å². The second-order valence-electron chi connectivity index (χ2n) is 3.94. The van der Waals surface area contributed by atoms with Gasteiger partial charge in [-0.3, -0.25) is 0 Å². The van der Waals surface area contributed by atoms with Crippen LogP contribution in [0.4, 0.5) is 0 Å². The van der Waals surface area contributed by atoms with Crippen molar-refractivity contribution in [3.05, 3.63) is 35.4 Å². The molecular weight excluding hydrogens is 228 g/mol. The van der Waals surface area contributed by atoms with Gasteiger partial charge in [0.25, 0.3) is 0 Å². The zero-order valence-corrected chi connectivity index (χ0v) is 11.0. The second-order valence-corrected chi connectivity index (χ2v) is 3.94. The molecule has 1 aromatic rings. The van der Waals surface area contributed by atoms with E-state index in [1.807, 2.05) is 38.1 Å². The van der Waals surface area contributed by atoms with E-state index < -0.39 is 0 Å². The number of benzene rings is 1. The zero-order chi connectivity index (χ0) is 13.2. The fraction of sp³-hybridized carbons (Fsp3) is 0.467. The second kappa shape index (κ2) is 8.71. The monoisotopic (exact) mass is 248 g/mol. The highest BCUT2D eigenvalue weighted by molar-refractivity contribution is 5.35. The van der Waals surface area contributed by atoms with Crippen molar-refractivity contribution < 1.29 is 14.6 Å². The van der Waals surface area contributed by atoms with E-state index in [1.54, 1.807) is 0 Å². The smallest absolute Gasteiger partial charge is 0.104 e. The van der Waals surface area contributed by atoms with Gasteiger partial charge in [-0.1, -0.05) is 24.0 Å². The number of ether oxygens (including phenoxy) is 2. The molecule has 0 radical (unpaired) electrons. The average Bonchev–Trinajstić information content (AvgIpc) is 2.41. The summed E-state index contributed by atoms with van der Waals surface area (Å²) in [7, 11) is 0. The van der Waals surface area contributed by atoms with Gasteiger partial charge >= 0.3 is 0 Å². The Balaban J connectivity index is 2.39. The van der Waals surface area contributed by atoms with Gasteiger partial charge in [-0.15, -0.1) is 0 Å². The van der Waals surface area contributed by atoms with Gasteiger partial charge < -0.3 is 14.6 Å². The number of hydrogen-bond donors (Lipinski definition) is 1. The summed E-state index contributed by atoms with van der Waals surface area (Å²) in [5.74, 6) is 5.47. The third-order valence-electron chi connectivity index (χ3n) is 2.36. The van der Waals surface area contributed by atoms with Gasteiger partial charge in [-0.2, -0.15) is 0 Å². The Labute approximate surface area is 109 Å². The minimum absolute atomic E-state index is 0.0961. The summed E-state index contributed by atoms with van der Waals surface area (Å²) in [6.07, 6.45) is 0.0961. The molecule has 0 saturated heterocycles. The van der Waals surface area contributed by atoms with E-state index in [2.05, 4.69) is 11.8 Å². The molecular formula is C15H20O3. The van der Waals surface area contributed by atoms with Gasteiger partial charge in [0.2, 0.25) is 0 Å². The molecule has 1 rings (SSSR count). The summed E-state index contributed by atoms with van der Waals surface area (Å²) < 4.78 is 10.9.